The zero-order chi connectivity index (χ0) is 11.6. The molecule has 1 aromatic carbocycles. The molecule has 0 heterocycles. The second-order valence-electron chi connectivity index (χ2n) is 3.03. The summed E-state index contributed by atoms with van der Waals surface area (Å²) in [6.45, 7) is 3.33. The van der Waals surface area contributed by atoms with Crippen molar-refractivity contribution >= 4 is 0 Å². The van der Waals surface area contributed by atoms with Gasteiger partial charge in [-0.3, -0.25) is 0 Å². The average Bonchev–Trinajstić information content (AvgIpc) is 2.14. The van der Waals surface area contributed by atoms with Gasteiger partial charge in [-0.15, -0.1) is 6.58 Å². The van der Waals surface area contributed by atoms with Crippen molar-refractivity contribution in [2.75, 3.05) is 0 Å². The van der Waals surface area contributed by atoms with Crippen LogP contribution in [0.5, 0.6) is 0 Å². The lowest BCUT2D eigenvalue weighted by Crippen LogP contribution is -2.11. The Morgan fingerprint density at radius 3 is 2.33 bits per heavy atom. The number of hydrogen-bond donors (Lipinski definition) is 1. The molecule has 82 valence electrons. The Kier molecular flexibility index (Phi) is 3.14. The van der Waals surface area contributed by atoms with Crippen LogP contribution in [0.25, 0.3) is 0 Å². The van der Waals surface area contributed by atoms with E-state index in [9.17, 15) is 17.6 Å². The van der Waals surface area contributed by atoms with Crippen LogP contribution in [0.2, 0.25) is 0 Å². The van der Waals surface area contributed by atoms with Crippen molar-refractivity contribution in [3.05, 3.63) is 47.8 Å². The maximum atomic E-state index is 12.9. The summed E-state index contributed by atoms with van der Waals surface area (Å²) in [4.78, 5) is 0. The lowest BCUT2D eigenvalue weighted by Gasteiger charge is -2.11. The van der Waals surface area contributed by atoms with Crippen LogP contribution in [0.3, 0.4) is 0 Å². The predicted octanol–water partition coefficient (Wildman–Crippen LogP) is 3.03. The highest BCUT2D eigenvalue weighted by molar-refractivity contribution is 5.30. The molecule has 1 nitrogen and oxygen atoms in total. The number of nitrogens with two attached hydrogens (primary N) is 1. The SMILES string of the molecule is C=CC(N)c1cc(F)cc(C(F)(F)F)c1. The average molecular weight is 219 g/mol. The van der Waals surface area contributed by atoms with E-state index < -0.39 is 23.6 Å². The normalized spacial score (nSPS) is 13.7. The fourth-order valence-electron chi connectivity index (χ4n) is 1.10. The minimum Gasteiger partial charge on any atom is -0.321 e. The lowest BCUT2D eigenvalue weighted by atomic mass is 10.0. The standard InChI is InChI=1S/C10H9F4N/c1-2-9(15)6-3-7(10(12,13)14)5-8(11)4-6/h2-5,9H,1,15H2. The molecule has 0 radical (unpaired) electrons. The van der Waals surface area contributed by atoms with Gasteiger partial charge in [0.05, 0.1) is 5.56 Å². The highest BCUT2D eigenvalue weighted by Crippen LogP contribution is 2.31. The zero-order valence-corrected chi connectivity index (χ0v) is 7.68. The third-order valence-corrected chi connectivity index (χ3v) is 1.89. The number of benzene rings is 1. The topological polar surface area (TPSA) is 26.0 Å². The summed E-state index contributed by atoms with van der Waals surface area (Å²) < 4.78 is 49.7. The van der Waals surface area contributed by atoms with Crippen LogP contribution in [0.15, 0.2) is 30.9 Å². The van der Waals surface area contributed by atoms with Crippen molar-refractivity contribution in [1.29, 1.82) is 0 Å². The number of rotatable bonds is 2. The van der Waals surface area contributed by atoms with Crippen molar-refractivity contribution in [3.63, 3.8) is 0 Å². The maximum absolute atomic E-state index is 12.9. The molecule has 0 aliphatic carbocycles. The molecule has 15 heavy (non-hydrogen) atoms. The molecule has 1 unspecified atom stereocenters. The van der Waals surface area contributed by atoms with Gasteiger partial charge >= 0.3 is 6.18 Å². The van der Waals surface area contributed by atoms with Gasteiger partial charge in [-0.25, -0.2) is 4.39 Å². The van der Waals surface area contributed by atoms with Crippen LogP contribution in [0.1, 0.15) is 17.2 Å². The first kappa shape index (κ1) is 11.7. The maximum Gasteiger partial charge on any atom is 0.416 e. The van der Waals surface area contributed by atoms with Crippen LogP contribution in [-0.4, -0.2) is 0 Å². The van der Waals surface area contributed by atoms with Gasteiger partial charge in [0.1, 0.15) is 5.82 Å². The van der Waals surface area contributed by atoms with Crippen LogP contribution in [0, 0.1) is 5.82 Å². The summed E-state index contributed by atoms with van der Waals surface area (Å²) in [5, 5.41) is 0. The van der Waals surface area contributed by atoms with E-state index in [-0.39, 0.29) is 5.56 Å². The second kappa shape index (κ2) is 4.02. The van der Waals surface area contributed by atoms with Gasteiger partial charge in [0.2, 0.25) is 0 Å². The van der Waals surface area contributed by atoms with E-state index in [4.69, 9.17) is 5.73 Å². The molecular weight excluding hydrogens is 210 g/mol. The van der Waals surface area contributed by atoms with Crippen molar-refractivity contribution in [2.24, 2.45) is 5.73 Å². The first-order valence-corrected chi connectivity index (χ1v) is 4.10. The van der Waals surface area contributed by atoms with E-state index in [1.165, 1.54) is 6.08 Å². The third kappa shape index (κ3) is 2.79. The Hall–Kier alpha value is -1.36. The second-order valence-corrected chi connectivity index (χ2v) is 3.03. The molecule has 0 aromatic heterocycles. The molecule has 1 rings (SSSR count). The Bertz CT molecular complexity index is 370. The Labute approximate surface area is 84.2 Å². The highest BCUT2D eigenvalue weighted by atomic mass is 19.4. The van der Waals surface area contributed by atoms with Gasteiger partial charge in [0.15, 0.2) is 0 Å². The van der Waals surface area contributed by atoms with Gasteiger partial charge in [-0.1, -0.05) is 6.08 Å². The van der Waals surface area contributed by atoms with Crippen molar-refractivity contribution < 1.29 is 17.6 Å². The molecule has 0 saturated heterocycles. The fourth-order valence-corrected chi connectivity index (χ4v) is 1.10. The first-order valence-electron chi connectivity index (χ1n) is 4.10. The van der Waals surface area contributed by atoms with Crippen LogP contribution in [-0.2, 0) is 6.18 Å². The summed E-state index contributed by atoms with van der Waals surface area (Å²) in [6, 6.07) is 1.40. The zero-order valence-electron chi connectivity index (χ0n) is 7.68. The van der Waals surface area contributed by atoms with Gasteiger partial charge in [-0.2, -0.15) is 13.2 Å². The number of alkyl halides is 3. The predicted molar refractivity (Wildman–Crippen MR) is 48.5 cm³/mol. The molecule has 0 amide bonds. The smallest absolute Gasteiger partial charge is 0.321 e. The molecular formula is C10H9F4N. The molecule has 0 fully saturated rings. The van der Waals surface area contributed by atoms with Gasteiger partial charge in [0.25, 0.3) is 0 Å². The summed E-state index contributed by atoms with van der Waals surface area (Å²) in [7, 11) is 0. The van der Waals surface area contributed by atoms with Crippen molar-refractivity contribution in [2.45, 2.75) is 12.2 Å². The van der Waals surface area contributed by atoms with Gasteiger partial charge < -0.3 is 5.73 Å². The summed E-state index contributed by atoms with van der Waals surface area (Å²) in [5.74, 6) is -0.961. The minimum absolute atomic E-state index is 0.0531. The van der Waals surface area contributed by atoms with E-state index in [1.54, 1.807) is 0 Å². The summed E-state index contributed by atoms with van der Waals surface area (Å²) in [5.41, 5.74) is 4.43. The fraction of sp³-hybridized carbons (Fsp3) is 0.200. The molecule has 0 aliphatic rings. The Morgan fingerprint density at radius 1 is 1.27 bits per heavy atom. The molecule has 5 heteroatoms. The quantitative estimate of drug-likeness (QED) is 0.600. The first-order chi connectivity index (χ1) is 6.84. The van der Waals surface area contributed by atoms with Crippen LogP contribution in [0.4, 0.5) is 17.6 Å². The number of hydrogen-bond acceptors (Lipinski definition) is 1. The summed E-state index contributed by atoms with van der Waals surface area (Å²) >= 11 is 0. The molecule has 0 spiro atoms. The third-order valence-electron chi connectivity index (χ3n) is 1.89. The van der Waals surface area contributed by atoms with E-state index in [1.807, 2.05) is 0 Å². The van der Waals surface area contributed by atoms with E-state index in [0.29, 0.717) is 6.07 Å². The molecule has 0 bridgehead atoms. The van der Waals surface area contributed by atoms with Crippen molar-refractivity contribution in [1.82, 2.24) is 0 Å². The van der Waals surface area contributed by atoms with E-state index >= 15 is 0 Å². The monoisotopic (exact) mass is 219 g/mol. The van der Waals surface area contributed by atoms with Crippen LogP contribution < -0.4 is 5.73 Å². The molecule has 0 aliphatic heterocycles. The molecule has 1 aromatic rings. The van der Waals surface area contributed by atoms with Gasteiger partial charge in [0, 0.05) is 6.04 Å². The molecule has 1 atom stereocenters. The Balaban J connectivity index is 3.22. The molecule has 0 saturated carbocycles. The van der Waals surface area contributed by atoms with E-state index in [2.05, 4.69) is 6.58 Å². The van der Waals surface area contributed by atoms with Crippen molar-refractivity contribution in [3.8, 4) is 0 Å². The minimum atomic E-state index is -4.57. The van der Waals surface area contributed by atoms with Gasteiger partial charge in [-0.05, 0) is 23.8 Å². The van der Waals surface area contributed by atoms with E-state index in [0.717, 1.165) is 12.1 Å². The van der Waals surface area contributed by atoms with Crippen LogP contribution >= 0.6 is 0 Å². The lowest BCUT2D eigenvalue weighted by molar-refractivity contribution is -0.137. The molecule has 2 N–H and O–H groups in total. The Morgan fingerprint density at radius 2 is 1.87 bits per heavy atom. The summed E-state index contributed by atoms with van der Waals surface area (Å²) in [6.07, 6.45) is -3.33. The number of halogens is 4. The highest BCUT2D eigenvalue weighted by Gasteiger charge is 2.31. The largest absolute Gasteiger partial charge is 0.416 e.